The Balaban J connectivity index is 2.65. The van der Waals surface area contributed by atoms with Crippen molar-refractivity contribution in [3.8, 4) is 0 Å². The number of nitrogens with zero attached hydrogens (tertiary/aromatic N) is 1. The van der Waals surface area contributed by atoms with Gasteiger partial charge in [-0.3, -0.25) is 0 Å². The zero-order valence-electron chi connectivity index (χ0n) is 11.2. The van der Waals surface area contributed by atoms with Gasteiger partial charge < -0.3 is 4.74 Å². The van der Waals surface area contributed by atoms with Gasteiger partial charge in [0, 0.05) is 17.1 Å². The van der Waals surface area contributed by atoms with Crippen LogP contribution in [0.15, 0.2) is 23.3 Å². The van der Waals surface area contributed by atoms with Crippen LogP contribution in [0.3, 0.4) is 0 Å². The number of esters is 1. The van der Waals surface area contributed by atoms with Gasteiger partial charge in [-0.1, -0.05) is 17.7 Å². The predicted octanol–water partition coefficient (Wildman–Crippen LogP) is 3.17. The van der Waals surface area contributed by atoms with E-state index < -0.39 is 41.0 Å². The van der Waals surface area contributed by atoms with Crippen molar-refractivity contribution in [3.05, 3.63) is 52.4 Å². The summed E-state index contributed by atoms with van der Waals surface area (Å²) in [6.07, 6.45) is 3.16. The molecule has 0 radical (unpaired) electrons. The Morgan fingerprint density at radius 1 is 1.24 bits per heavy atom. The molecule has 112 valence electrons. The van der Waals surface area contributed by atoms with Crippen molar-refractivity contribution in [1.82, 2.24) is 4.98 Å². The lowest BCUT2D eigenvalue weighted by atomic mass is 9.84. The molecule has 1 aromatic heterocycles. The standard InChI is InChI=1S/C14H11F4NO2/c1-6-3-4-7(14(20)21-2)8(5-6)9-10(15)12(17)19-13(18)11(9)16/h4-5,8H,3H2,1-2H3. The first-order valence-corrected chi connectivity index (χ1v) is 6.02. The van der Waals surface area contributed by atoms with Crippen LogP contribution in [0.4, 0.5) is 17.6 Å². The average molecular weight is 301 g/mol. The fraction of sp³-hybridized carbons (Fsp3) is 0.286. The second-order valence-corrected chi connectivity index (χ2v) is 4.58. The predicted molar refractivity (Wildman–Crippen MR) is 65.3 cm³/mol. The summed E-state index contributed by atoms with van der Waals surface area (Å²) in [5.74, 6) is -8.85. The number of ether oxygens (including phenoxy) is 1. The van der Waals surface area contributed by atoms with Crippen LogP contribution < -0.4 is 0 Å². The van der Waals surface area contributed by atoms with Crippen molar-refractivity contribution < 1.29 is 27.1 Å². The van der Waals surface area contributed by atoms with E-state index in [0.717, 1.165) is 7.11 Å². The summed E-state index contributed by atoms with van der Waals surface area (Å²) in [5.41, 5.74) is -0.273. The number of hydrogen-bond donors (Lipinski definition) is 0. The molecule has 1 atom stereocenters. The highest BCUT2D eigenvalue weighted by molar-refractivity contribution is 5.91. The molecule has 1 unspecified atom stereocenters. The first-order chi connectivity index (χ1) is 9.86. The molecule has 0 amide bonds. The van der Waals surface area contributed by atoms with E-state index in [-0.39, 0.29) is 5.57 Å². The quantitative estimate of drug-likeness (QED) is 0.364. The van der Waals surface area contributed by atoms with Crippen molar-refractivity contribution in [3.63, 3.8) is 0 Å². The van der Waals surface area contributed by atoms with Gasteiger partial charge in [0.05, 0.1) is 7.11 Å². The molecular formula is C14H11F4NO2. The number of carbonyl (C=O) groups is 1. The van der Waals surface area contributed by atoms with Gasteiger partial charge in [0.25, 0.3) is 11.9 Å². The average Bonchev–Trinajstić information content (AvgIpc) is 2.45. The molecule has 1 aromatic rings. The summed E-state index contributed by atoms with van der Waals surface area (Å²) in [4.78, 5) is 14.2. The molecule has 21 heavy (non-hydrogen) atoms. The van der Waals surface area contributed by atoms with Crippen LogP contribution in [0.5, 0.6) is 0 Å². The number of allylic oxidation sites excluding steroid dienone is 3. The van der Waals surface area contributed by atoms with Gasteiger partial charge in [-0.2, -0.15) is 13.8 Å². The van der Waals surface area contributed by atoms with Gasteiger partial charge in [-0.15, -0.1) is 0 Å². The summed E-state index contributed by atoms with van der Waals surface area (Å²) in [5, 5.41) is 0. The van der Waals surface area contributed by atoms with Crippen molar-refractivity contribution in [1.29, 1.82) is 0 Å². The van der Waals surface area contributed by atoms with Gasteiger partial charge in [0.15, 0.2) is 11.6 Å². The zero-order chi connectivity index (χ0) is 15.7. The van der Waals surface area contributed by atoms with Gasteiger partial charge >= 0.3 is 5.97 Å². The number of methoxy groups -OCH3 is 1. The van der Waals surface area contributed by atoms with Crippen LogP contribution >= 0.6 is 0 Å². The Morgan fingerprint density at radius 2 is 1.81 bits per heavy atom. The molecule has 3 nitrogen and oxygen atoms in total. The smallest absolute Gasteiger partial charge is 0.334 e. The minimum Gasteiger partial charge on any atom is -0.466 e. The first-order valence-electron chi connectivity index (χ1n) is 6.02. The van der Waals surface area contributed by atoms with Crippen LogP contribution in [-0.4, -0.2) is 18.1 Å². The maximum atomic E-state index is 13.8. The Kier molecular flexibility index (Phi) is 4.11. The molecule has 0 fully saturated rings. The van der Waals surface area contributed by atoms with Gasteiger partial charge in [-0.05, 0) is 13.3 Å². The molecule has 1 heterocycles. The van der Waals surface area contributed by atoms with E-state index in [9.17, 15) is 22.4 Å². The molecule has 2 rings (SSSR count). The summed E-state index contributed by atoms with van der Waals surface area (Å²) in [7, 11) is 1.10. The molecule has 0 aromatic carbocycles. The number of aromatic nitrogens is 1. The number of pyridine rings is 1. The summed E-state index contributed by atoms with van der Waals surface area (Å²) < 4.78 is 58.7. The van der Waals surface area contributed by atoms with Gasteiger partial charge in [0.1, 0.15) is 0 Å². The first kappa shape index (κ1) is 15.2. The maximum absolute atomic E-state index is 13.8. The number of hydrogen-bond acceptors (Lipinski definition) is 3. The van der Waals surface area contributed by atoms with Crippen molar-refractivity contribution in [2.75, 3.05) is 7.11 Å². The second-order valence-electron chi connectivity index (χ2n) is 4.58. The third-order valence-corrected chi connectivity index (χ3v) is 3.19. The van der Waals surface area contributed by atoms with Crippen molar-refractivity contribution >= 4 is 5.97 Å². The molecule has 0 aliphatic heterocycles. The van der Waals surface area contributed by atoms with E-state index in [2.05, 4.69) is 9.72 Å². The summed E-state index contributed by atoms with van der Waals surface area (Å²) in [6.45, 7) is 1.67. The lowest BCUT2D eigenvalue weighted by molar-refractivity contribution is -0.136. The van der Waals surface area contributed by atoms with E-state index in [1.807, 2.05) is 0 Å². The zero-order valence-corrected chi connectivity index (χ0v) is 11.2. The van der Waals surface area contributed by atoms with Crippen LogP contribution in [0.1, 0.15) is 24.8 Å². The van der Waals surface area contributed by atoms with Crippen LogP contribution in [0.25, 0.3) is 0 Å². The highest BCUT2D eigenvalue weighted by Gasteiger charge is 2.32. The SMILES string of the molecule is COC(=O)C1=CCC(C)=CC1c1c(F)c(F)nc(F)c1F. The van der Waals surface area contributed by atoms with Crippen molar-refractivity contribution in [2.45, 2.75) is 19.3 Å². The van der Waals surface area contributed by atoms with E-state index in [1.54, 1.807) is 6.92 Å². The third kappa shape index (κ3) is 2.68. The van der Waals surface area contributed by atoms with Gasteiger partial charge in [0.2, 0.25) is 0 Å². The van der Waals surface area contributed by atoms with E-state index in [0.29, 0.717) is 12.0 Å². The lowest BCUT2D eigenvalue weighted by Crippen LogP contribution is -2.19. The normalized spacial score (nSPS) is 18.1. The van der Waals surface area contributed by atoms with Crippen LogP contribution in [-0.2, 0) is 9.53 Å². The van der Waals surface area contributed by atoms with E-state index in [4.69, 9.17) is 0 Å². The molecule has 0 saturated heterocycles. The molecule has 0 saturated carbocycles. The Morgan fingerprint density at radius 3 is 2.33 bits per heavy atom. The fourth-order valence-electron chi connectivity index (χ4n) is 2.18. The molecule has 0 N–H and O–H groups in total. The second kappa shape index (κ2) is 5.67. The summed E-state index contributed by atoms with van der Waals surface area (Å²) in [6, 6.07) is 0. The monoisotopic (exact) mass is 301 g/mol. The molecule has 0 spiro atoms. The molecular weight excluding hydrogens is 290 g/mol. The lowest BCUT2D eigenvalue weighted by Gasteiger charge is -2.21. The van der Waals surface area contributed by atoms with Crippen LogP contribution in [0.2, 0.25) is 0 Å². The molecule has 1 aliphatic carbocycles. The largest absolute Gasteiger partial charge is 0.466 e. The van der Waals surface area contributed by atoms with E-state index in [1.165, 1.54) is 12.2 Å². The van der Waals surface area contributed by atoms with Crippen LogP contribution in [0, 0.1) is 23.5 Å². The summed E-state index contributed by atoms with van der Waals surface area (Å²) >= 11 is 0. The Hall–Kier alpha value is -2.18. The molecule has 1 aliphatic rings. The highest BCUT2D eigenvalue weighted by atomic mass is 19.2. The topological polar surface area (TPSA) is 39.2 Å². The molecule has 7 heteroatoms. The maximum Gasteiger partial charge on any atom is 0.334 e. The third-order valence-electron chi connectivity index (χ3n) is 3.19. The molecule has 0 bridgehead atoms. The Labute approximate surface area is 117 Å². The highest BCUT2D eigenvalue weighted by Crippen LogP contribution is 2.36. The minimum absolute atomic E-state index is 0.0779. The fourth-order valence-corrected chi connectivity index (χ4v) is 2.18. The Bertz CT molecular complexity index is 641. The number of carbonyl (C=O) groups excluding carboxylic acids is 1. The minimum atomic E-state index is -1.76. The van der Waals surface area contributed by atoms with Crippen molar-refractivity contribution in [2.24, 2.45) is 0 Å². The van der Waals surface area contributed by atoms with Gasteiger partial charge in [-0.25, -0.2) is 13.6 Å². The van der Waals surface area contributed by atoms with E-state index >= 15 is 0 Å². The number of rotatable bonds is 2. The number of halogens is 4.